The minimum Gasteiger partial charge on any atom is -0.383 e. The fraction of sp³-hybridized carbons (Fsp3) is 0.418. The molecular weight excluding hydrogens is 1260 g/mol. The second-order valence-electron chi connectivity index (χ2n) is 25.6. The van der Waals surface area contributed by atoms with Gasteiger partial charge in [-0.3, -0.25) is 0 Å². The van der Waals surface area contributed by atoms with E-state index in [2.05, 4.69) is 316 Å². The van der Waals surface area contributed by atoms with Gasteiger partial charge in [0.2, 0.25) is 0 Å². The van der Waals surface area contributed by atoms with Crippen LogP contribution in [0.5, 0.6) is 5.75 Å². The Kier molecular flexibility index (Phi) is 36.5. The molecular formula is C79H112Mo2N6O2. The van der Waals surface area contributed by atoms with Crippen LogP contribution in [0.1, 0.15) is 162 Å². The molecule has 10 heteroatoms. The monoisotopic (exact) mass is 1370 g/mol. The summed E-state index contributed by atoms with van der Waals surface area (Å²) in [4.78, 5) is 0. The van der Waals surface area contributed by atoms with Crippen LogP contribution in [0.2, 0.25) is 0 Å². The molecule has 89 heavy (non-hydrogen) atoms. The molecule has 1 aliphatic rings. The van der Waals surface area contributed by atoms with Gasteiger partial charge in [-0.1, -0.05) is 36.4 Å². The van der Waals surface area contributed by atoms with Gasteiger partial charge in [-0.05, 0) is 306 Å². The molecule has 8 rings (SSSR count). The number of rotatable bonds is 14. The first-order valence-corrected chi connectivity index (χ1v) is 33.6. The van der Waals surface area contributed by atoms with Crippen molar-refractivity contribution in [2.24, 2.45) is 0 Å². The molecule has 0 radical (unpaired) electrons. The molecule has 482 valence electrons. The van der Waals surface area contributed by atoms with Gasteiger partial charge in [0, 0.05) is 70.4 Å². The van der Waals surface area contributed by atoms with Crippen molar-refractivity contribution in [3.63, 3.8) is 0 Å². The van der Waals surface area contributed by atoms with Crippen LogP contribution in [0.15, 0.2) is 145 Å². The first-order valence-electron chi connectivity index (χ1n) is 31.6. The van der Waals surface area contributed by atoms with Crippen molar-refractivity contribution in [3.05, 3.63) is 217 Å². The van der Waals surface area contributed by atoms with E-state index < -0.39 is 0 Å². The van der Waals surface area contributed by atoms with Crippen LogP contribution in [-0.2, 0) is 43.0 Å². The second-order valence-corrected chi connectivity index (χ2v) is 26.6. The van der Waals surface area contributed by atoms with E-state index in [0.29, 0.717) is 42.9 Å². The molecule has 0 fully saturated rings. The van der Waals surface area contributed by atoms with Gasteiger partial charge in [0.1, 0.15) is 0 Å². The van der Waals surface area contributed by atoms with Crippen LogP contribution in [0.25, 0.3) is 0 Å². The molecule has 1 atom stereocenters. The van der Waals surface area contributed by atoms with Crippen molar-refractivity contribution < 1.29 is 47.8 Å². The third-order valence-electron chi connectivity index (χ3n) is 12.7. The number of hydrogen-bond acceptors (Lipinski definition) is 8. The van der Waals surface area contributed by atoms with Crippen molar-refractivity contribution in [2.45, 2.75) is 209 Å². The molecule has 1 unspecified atom stereocenters. The Balaban J connectivity index is 0.000000356. The predicted octanol–water partition coefficient (Wildman–Crippen LogP) is 20.8. The summed E-state index contributed by atoms with van der Waals surface area (Å²) in [5.41, 5.74) is 26.5. The van der Waals surface area contributed by atoms with Gasteiger partial charge < -0.3 is 31.9 Å². The molecule has 0 aliphatic carbocycles. The van der Waals surface area contributed by atoms with Crippen molar-refractivity contribution >= 4 is 34.1 Å². The largest absolute Gasteiger partial charge is 0.383 e. The standard InChI is InChI=1S/C13H10O2.6C11H17N.2Mo/c1-9-8-15-13(10(9)2)11-4-6-12(14-3)7-5-11;6*1-8(2)12-11-6-9(3)5-10(4)7-11;;/h4-7,13H,8H2,3H3;6*5-8,12H,1-4H3;;. The van der Waals surface area contributed by atoms with E-state index in [1.54, 1.807) is 7.11 Å². The maximum absolute atomic E-state index is 5.78. The molecule has 0 saturated heterocycles. The molecule has 1 aliphatic heterocycles. The van der Waals surface area contributed by atoms with Gasteiger partial charge in [0.05, 0.1) is 0 Å². The molecule has 1 heterocycles. The minimum atomic E-state index is -0.0159. The summed E-state index contributed by atoms with van der Waals surface area (Å²) in [6, 6.07) is 50.2. The zero-order valence-corrected chi connectivity index (χ0v) is 63.1. The number of ether oxygens (including phenoxy) is 2. The molecule has 0 spiro atoms. The van der Waals surface area contributed by atoms with Gasteiger partial charge in [-0.25, -0.2) is 0 Å². The third kappa shape index (κ3) is 34.5. The van der Waals surface area contributed by atoms with Crippen LogP contribution in [-0.4, -0.2) is 50.0 Å². The smallest absolute Gasteiger partial charge is 0.0347 e. The topological polar surface area (TPSA) is 90.6 Å². The average Bonchev–Trinajstić information content (AvgIpc) is 3.11. The maximum Gasteiger partial charge on any atom is 0.0347 e. The van der Waals surface area contributed by atoms with Crippen molar-refractivity contribution in [1.29, 1.82) is 0 Å². The van der Waals surface area contributed by atoms with E-state index in [-0.39, 0.29) is 6.10 Å². The van der Waals surface area contributed by atoms with Crippen LogP contribution < -0.4 is 36.6 Å². The predicted molar refractivity (Wildman–Crippen MR) is 385 cm³/mol. The third-order valence-corrected chi connectivity index (χ3v) is 13.8. The Morgan fingerprint density at radius 3 is 0.697 bits per heavy atom. The first-order chi connectivity index (χ1) is 41.7. The Morgan fingerprint density at radius 1 is 0.337 bits per heavy atom. The van der Waals surface area contributed by atoms with Crippen molar-refractivity contribution in [2.75, 3.05) is 45.6 Å². The maximum atomic E-state index is 5.78. The van der Waals surface area contributed by atoms with Crippen molar-refractivity contribution in [3.8, 4) is 14.2 Å². The molecule has 0 bridgehead atoms. The van der Waals surface area contributed by atoms with Gasteiger partial charge in [-0.15, -0.1) is 0 Å². The number of aryl methyl sites for hydroxylation is 12. The van der Waals surface area contributed by atoms with Gasteiger partial charge in [0.25, 0.3) is 0 Å². The fourth-order valence-corrected chi connectivity index (χ4v) is 11.1. The van der Waals surface area contributed by atoms with Gasteiger partial charge in [-0.2, -0.15) is 0 Å². The van der Waals surface area contributed by atoms with E-state index >= 15 is 0 Å². The Hall–Kier alpha value is -6.22. The molecule has 8 nitrogen and oxygen atoms in total. The van der Waals surface area contributed by atoms with Crippen LogP contribution in [0.3, 0.4) is 0 Å². The van der Waals surface area contributed by atoms with E-state index in [1.165, 1.54) is 101 Å². The Morgan fingerprint density at radius 2 is 0.539 bits per heavy atom. The van der Waals surface area contributed by atoms with Crippen LogP contribution >= 0.6 is 0 Å². The zero-order valence-electron chi connectivity index (χ0n) is 59.1. The average molecular weight is 1370 g/mol. The second kappa shape index (κ2) is 41.2. The number of benzene rings is 7. The Bertz CT molecular complexity index is 2800. The van der Waals surface area contributed by atoms with Crippen molar-refractivity contribution in [1.82, 2.24) is 0 Å². The molecule has 0 amide bonds. The van der Waals surface area contributed by atoms with E-state index in [0.717, 1.165) is 22.5 Å². The summed E-state index contributed by atoms with van der Waals surface area (Å²) >= 11 is 3.68. The summed E-state index contributed by atoms with van der Waals surface area (Å²) in [5, 5.41) is 20.3. The Labute approximate surface area is 563 Å². The molecule has 0 aromatic heterocycles. The van der Waals surface area contributed by atoms with E-state index in [1.807, 2.05) is 62.6 Å². The molecule has 7 aromatic rings. The van der Waals surface area contributed by atoms with Crippen LogP contribution in [0.4, 0.5) is 34.1 Å². The number of anilines is 6. The summed E-state index contributed by atoms with van der Waals surface area (Å²) < 4.78 is 17.3. The van der Waals surface area contributed by atoms with Gasteiger partial charge >= 0.3 is 123 Å². The molecule has 0 saturated carbocycles. The molecule has 6 N–H and O–H groups in total. The zero-order chi connectivity index (χ0) is 67.1. The number of hydrogen-bond donors (Lipinski definition) is 6. The van der Waals surface area contributed by atoms with Gasteiger partial charge in [0.15, 0.2) is 0 Å². The summed E-state index contributed by atoms with van der Waals surface area (Å²) in [6.07, 6.45) is -0.0159. The quantitative estimate of drug-likeness (QED) is 0.0601. The fourth-order valence-electron chi connectivity index (χ4n) is 10.1. The number of methoxy groups -OCH3 is 1. The van der Waals surface area contributed by atoms with Crippen LogP contribution in [0, 0.1) is 91.5 Å². The van der Waals surface area contributed by atoms with E-state index in [4.69, 9.17) is 9.47 Å². The SMILES string of the molecule is COc1ccc(C2OCC([C]#[Mo])=C2[C]#[Mo])cc1.Cc1cc(C)cc(NC(C)C)c1.Cc1cc(C)cc(NC(C)C)c1.Cc1cc(C)cc(NC(C)C)c1.Cc1cc(C)cc(NC(C)C)c1.Cc1cc(C)cc(NC(C)C)c1.Cc1cc(C)cc(NC(C)C)c1. The first kappa shape index (κ1) is 78.9. The number of nitrogens with one attached hydrogen (secondary N) is 6. The minimum absolute atomic E-state index is 0.0159. The van der Waals surface area contributed by atoms with E-state index in [9.17, 15) is 0 Å². The summed E-state index contributed by atoms with van der Waals surface area (Å²) in [7, 11) is 1.67. The summed E-state index contributed by atoms with van der Waals surface area (Å²) in [5.74, 6) is 0.858. The normalized spacial score (nSPS) is 12.0. The summed E-state index contributed by atoms with van der Waals surface area (Å²) in [6.45, 7) is 51.9. The molecule has 7 aromatic carbocycles.